The molecule has 1 aliphatic carbocycles. The van der Waals surface area contributed by atoms with Crippen LogP contribution < -0.4 is 0 Å². The third-order valence-electron chi connectivity index (χ3n) is 6.98. The van der Waals surface area contributed by atoms with E-state index in [0.29, 0.717) is 12.8 Å². The molecule has 1 aromatic heterocycles. The average Bonchev–Trinajstić information content (AvgIpc) is 3.29. The zero-order valence-corrected chi connectivity index (χ0v) is 15.0. The summed E-state index contributed by atoms with van der Waals surface area (Å²) in [6.07, 6.45) is 6.71. The first-order chi connectivity index (χ1) is 12.4. The van der Waals surface area contributed by atoms with Crippen molar-refractivity contribution in [1.82, 2.24) is 0 Å². The second-order valence-electron chi connectivity index (χ2n) is 8.41. The van der Waals surface area contributed by atoms with Gasteiger partial charge in [0.15, 0.2) is 6.29 Å². The monoisotopic (exact) mass is 360 g/mol. The van der Waals surface area contributed by atoms with Crippen LogP contribution in [0.5, 0.6) is 0 Å². The first-order valence-corrected chi connectivity index (χ1v) is 9.37. The lowest BCUT2D eigenvalue weighted by Gasteiger charge is -2.52. The Bertz CT molecular complexity index is 754. The van der Waals surface area contributed by atoms with Gasteiger partial charge in [0.2, 0.25) is 0 Å². The number of esters is 1. The molecule has 6 heteroatoms. The predicted octanol–water partition coefficient (Wildman–Crippen LogP) is 2.88. The SMILES string of the molecule is C[C@@]12C3=CCC[C@@H]1O[C@](C)([C@@H]1C[C@@H](c4ccoc4)O[C@@H]1O)C[C@@H]2OC3=O. The zero-order valence-electron chi connectivity index (χ0n) is 15.0. The van der Waals surface area contributed by atoms with Crippen LogP contribution >= 0.6 is 0 Å². The van der Waals surface area contributed by atoms with Crippen molar-refractivity contribution >= 4 is 5.97 Å². The van der Waals surface area contributed by atoms with Crippen molar-refractivity contribution in [2.75, 3.05) is 0 Å². The number of carbonyl (C=O) groups is 1. The number of aliphatic hydroxyl groups excluding tert-OH is 1. The van der Waals surface area contributed by atoms with Crippen molar-refractivity contribution in [2.24, 2.45) is 11.3 Å². The second kappa shape index (κ2) is 5.44. The molecule has 6 nitrogen and oxygen atoms in total. The molecule has 1 aromatic rings. The normalized spacial score (nSPS) is 47.4. The third kappa shape index (κ3) is 2.12. The summed E-state index contributed by atoms with van der Waals surface area (Å²) in [5.74, 6) is -0.407. The molecule has 26 heavy (non-hydrogen) atoms. The molecule has 1 N–H and O–H groups in total. The molecule has 5 rings (SSSR count). The van der Waals surface area contributed by atoms with Crippen LogP contribution in [0.2, 0.25) is 0 Å². The number of hydrogen-bond donors (Lipinski definition) is 1. The molecule has 4 aliphatic rings. The fourth-order valence-electron chi connectivity index (χ4n) is 5.38. The molecular weight excluding hydrogens is 336 g/mol. The Hall–Kier alpha value is -1.63. The van der Waals surface area contributed by atoms with E-state index < -0.39 is 11.9 Å². The number of allylic oxidation sites excluding steroid dienone is 1. The maximum atomic E-state index is 12.3. The molecule has 140 valence electrons. The number of carbonyl (C=O) groups excluding carboxylic acids is 1. The zero-order chi connectivity index (χ0) is 18.1. The van der Waals surface area contributed by atoms with Crippen molar-refractivity contribution < 1.29 is 28.5 Å². The van der Waals surface area contributed by atoms with Crippen LogP contribution in [-0.2, 0) is 19.0 Å². The van der Waals surface area contributed by atoms with E-state index in [1.807, 2.05) is 19.1 Å². The van der Waals surface area contributed by atoms with E-state index in [2.05, 4.69) is 6.92 Å². The lowest BCUT2D eigenvalue weighted by molar-refractivity contribution is -0.243. The molecule has 0 aromatic carbocycles. The molecule has 3 aliphatic heterocycles. The maximum Gasteiger partial charge on any atom is 0.334 e. The molecule has 0 spiro atoms. The highest BCUT2D eigenvalue weighted by molar-refractivity contribution is 5.93. The van der Waals surface area contributed by atoms with E-state index in [4.69, 9.17) is 18.6 Å². The fourth-order valence-corrected chi connectivity index (χ4v) is 5.38. The van der Waals surface area contributed by atoms with E-state index in [1.165, 1.54) is 0 Å². The lowest BCUT2D eigenvalue weighted by atomic mass is 9.63. The molecular formula is C20H24O6. The fraction of sp³-hybridized carbons (Fsp3) is 0.650. The lowest BCUT2D eigenvalue weighted by Crippen LogP contribution is -2.59. The van der Waals surface area contributed by atoms with Gasteiger partial charge in [-0.05, 0) is 39.2 Å². The minimum Gasteiger partial charge on any atom is -0.472 e. The quantitative estimate of drug-likeness (QED) is 0.817. The Morgan fingerprint density at radius 3 is 2.88 bits per heavy atom. The number of hydrogen-bond acceptors (Lipinski definition) is 6. The van der Waals surface area contributed by atoms with Crippen molar-refractivity contribution in [1.29, 1.82) is 0 Å². The van der Waals surface area contributed by atoms with E-state index in [0.717, 1.165) is 24.0 Å². The minimum absolute atomic E-state index is 0.0853. The van der Waals surface area contributed by atoms with Crippen LogP contribution in [0.15, 0.2) is 34.7 Å². The van der Waals surface area contributed by atoms with E-state index in [9.17, 15) is 9.90 Å². The molecule has 7 atom stereocenters. The smallest absolute Gasteiger partial charge is 0.334 e. The van der Waals surface area contributed by atoms with Gasteiger partial charge in [-0.1, -0.05) is 6.08 Å². The molecule has 4 heterocycles. The van der Waals surface area contributed by atoms with Crippen molar-refractivity contribution in [3.63, 3.8) is 0 Å². The van der Waals surface area contributed by atoms with Crippen molar-refractivity contribution in [3.8, 4) is 0 Å². The Morgan fingerprint density at radius 1 is 1.27 bits per heavy atom. The average molecular weight is 360 g/mol. The summed E-state index contributed by atoms with van der Waals surface area (Å²) in [6, 6.07) is 1.86. The third-order valence-corrected chi connectivity index (χ3v) is 6.98. The predicted molar refractivity (Wildman–Crippen MR) is 89.8 cm³/mol. The number of furan rings is 1. The highest BCUT2D eigenvalue weighted by Crippen LogP contribution is 2.58. The maximum absolute atomic E-state index is 12.3. The summed E-state index contributed by atoms with van der Waals surface area (Å²) in [6.45, 7) is 4.10. The number of ether oxygens (including phenoxy) is 3. The van der Waals surface area contributed by atoms with Crippen LogP contribution in [0.4, 0.5) is 0 Å². The van der Waals surface area contributed by atoms with Crippen LogP contribution in [0.25, 0.3) is 0 Å². The topological polar surface area (TPSA) is 78.1 Å². The van der Waals surface area contributed by atoms with E-state index in [1.54, 1.807) is 12.5 Å². The van der Waals surface area contributed by atoms with Gasteiger partial charge in [0.1, 0.15) is 6.10 Å². The summed E-state index contributed by atoms with van der Waals surface area (Å²) in [4.78, 5) is 12.3. The largest absolute Gasteiger partial charge is 0.472 e. The molecule has 0 amide bonds. The van der Waals surface area contributed by atoms with Gasteiger partial charge < -0.3 is 23.7 Å². The number of aliphatic hydroxyl groups is 1. The molecule has 3 saturated heterocycles. The van der Waals surface area contributed by atoms with Crippen LogP contribution in [0, 0.1) is 11.3 Å². The highest BCUT2D eigenvalue weighted by atomic mass is 16.6. The Balaban J connectivity index is 1.44. The van der Waals surface area contributed by atoms with Crippen molar-refractivity contribution in [2.45, 2.75) is 69.7 Å². The number of rotatable bonds is 2. The Morgan fingerprint density at radius 2 is 2.12 bits per heavy atom. The van der Waals surface area contributed by atoms with Crippen LogP contribution in [0.3, 0.4) is 0 Å². The molecule has 0 unspecified atom stereocenters. The Labute approximate surface area is 152 Å². The van der Waals surface area contributed by atoms with Gasteiger partial charge in [0.05, 0.1) is 35.8 Å². The van der Waals surface area contributed by atoms with Crippen molar-refractivity contribution in [3.05, 3.63) is 35.8 Å². The summed E-state index contributed by atoms with van der Waals surface area (Å²) in [5.41, 5.74) is 0.689. The molecule has 3 fully saturated rings. The van der Waals surface area contributed by atoms with Gasteiger partial charge in [-0.25, -0.2) is 4.79 Å². The molecule has 0 saturated carbocycles. The van der Waals surface area contributed by atoms with Gasteiger partial charge in [-0.2, -0.15) is 0 Å². The van der Waals surface area contributed by atoms with Gasteiger partial charge in [0, 0.05) is 23.5 Å². The van der Waals surface area contributed by atoms with Gasteiger partial charge in [0.25, 0.3) is 0 Å². The first kappa shape index (κ1) is 16.5. The minimum atomic E-state index is -0.917. The van der Waals surface area contributed by atoms with Gasteiger partial charge >= 0.3 is 5.97 Å². The van der Waals surface area contributed by atoms with E-state index >= 15 is 0 Å². The molecule has 0 radical (unpaired) electrons. The van der Waals surface area contributed by atoms with Crippen LogP contribution in [-0.4, -0.2) is 35.2 Å². The molecule has 0 bridgehead atoms. The second-order valence-corrected chi connectivity index (χ2v) is 8.41. The van der Waals surface area contributed by atoms with E-state index in [-0.39, 0.29) is 35.6 Å². The van der Waals surface area contributed by atoms with Crippen LogP contribution in [0.1, 0.15) is 51.2 Å². The summed E-state index contributed by atoms with van der Waals surface area (Å²) < 4.78 is 23.3. The Kier molecular flexibility index (Phi) is 3.46. The standard InChI is InChI=1S/C20H24O6/c1-19(13-8-14(24-18(13)22)11-6-7-23-10-11)9-16-20(2)12(17(21)25-16)4-3-5-15(20)26-19/h4,6-7,10,13-16,18,22H,3,5,8-9H2,1-2H3/t13-,14+,15+,16+,18+,19+,20-/m1/s1. The highest BCUT2D eigenvalue weighted by Gasteiger charge is 2.64. The first-order valence-electron chi connectivity index (χ1n) is 9.37. The van der Waals surface area contributed by atoms with Gasteiger partial charge in [-0.3, -0.25) is 0 Å². The van der Waals surface area contributed by atoms with Gasteiger partial charge in [-0.15, -0.1) is 0 Å². The summed E-state index contributed by atoms with van der Waals surface area (Å²) >= 11 is 0. The summed E-state index contributed by atoms with van der Waals surface area (Å²) in [5, 5.41) is 10.6. The summed E-state index contributed by atoms with van der Waals surface area (Å²) in [7, 11) is 0.